The van der Waals surface area contributed by atoms with Gasteiger partial charge in [0.25, 0.3) is 0 Å². The second kappa shape index (κ2) is 10.3. The second-order valence-electron chi connectivity index (χ2n) is 6.17. The van der Waals surface area contributed by atoms with E-state index in [9.17, 15) is 9.59 Å². The molecule has 0 amide bonds. The van der Waals surface area contributed by atoms with E-state index in [4.69, 9.17) is 31.2 Å². The van der Waals surface area contributed by atoms with Gasteiger partial charge in [0.05, 0.1) is 40.0 Å². The van der Waals surface area contributed by atoms with Gasteiger partial charge in [-0.25, -0.2) is 9.59 Å². The summed E-state index contributed by atoms with van der Waals surface area (Å²) in [5, 5.41) is 6.79. The monoisotopic (exact) mass is 452 g/mol. The fourth-order valence-electron chi connectivity index (χ4n) is 2.83. The van der Waals surface area contributed by atoms with Crippen molar-refractivity contribution < 1.29 is 28.5 Å². The van der Waals surface area contributed by atoms with Crippen LogP contribution in [0, 0.1) is 6.92 Å². The number of carbonyl (C=O) groups is 2. The molecule has 0 saturated heterocycles. The number of rotatable bonds is 7. The van der Waals surface area contributed by atoms with E-state index in [0.717, 1.165) is 16.9 Å². The molecular formula is C20H24N2O6S2. The van der Waals surface area contributed by atoms with Crippen LogP contribution in [0.4, 0.5) is 5.00 Å². The van der Waals surface area contributed by atoms with Gasteiger partial charge in [0.1, 0.15) is 21.4 Å². The minimum absolute atomic E-state index is 0.235. The molecule has 0 radical (unpaired) electrons. The van der Waals surface area contributed by atoms with Crippen molar-refractivity contribution in [1.82, 2.24) is 5.32 Å². The summed E-state index contributed by atoms with van der Waals surface area (Å²) in [5.41, 5.74) is 1.54. The summed E-state index contributed by atoms with van der Waals surface area (Å²) in [7, 11) is 5.72. The summed E-state index contributed by atoms with van der Waals surface area (Å²) in [6.07, 6.45) is 0. The van der Waals surface area contributed by atoms with Crippen molar-refractivity contribution in [3.05, 3.63) is 39.8 Å². The molecule has 0 bridgehead atoms. The van der Waals surface area contributed by atoms with E-state index in [1.54, 1.807) is 27.2 Å². The van der Waals surface area contributed by atoms with E-state index >= 15 is 0 Å². The Kier molecular flexibility index (Phi) is 8.01. The predicted molar refractivity (Wildman–Crippen MR) is 119 cm³/mol. The molecule has 0 aliphatic carbocycles. The zero-order chi connectivity index (χ0) is 22.4. The van der Waals surface area contributed by atoms with E-state index in [0.29, 0.717) is 26.9 Å². The molecule has 1 heterocycles. The lowest BCUT2D eigenvalue weighted by atomic mass is 10.1. The highest BCUT2D eigenvalue weighted by atomic mass is 32.1. The summed E-state index contributed by atoms with van der Waals surface area (Å²) in [5.74, 6) is 0.243. The van der Waals surface area contributed by atoms with Crippen LogP contribution in [0.25, 0.3) is 0 Å². The number of hydrogen-bond donors (Lipinski definition) is 2. The number of anilines is 1. The normalized spacial score (nSPS) is 11.3. The largest absolute Gasteiger partial charge is 0.497 e. The van der Waals surface area contributed by atoms with Crippen LogP contribution in [-0.2, 0) is 9.47 Å². The lowest BCUT2D eigenvalue weighted by molar-refractivity contribution is 0.0601. The Balaban J connectivity index is 2.28. The highest BCUT2D eigenvalue weighted by Crippen LogP contribution is 2.34. The van der Waals surface area contributed by atoms with Crippen molar-refractivity contribution in [3.8, 4) is 11.5 Å². The van der Waals surface area contributed by atoms with E-state index in [1.165, 1.54) is 14.2 Å². The Morgan fingerprint density at radius 3 is 2.30 bits per heavy atom. The van der Waals surface area contributed by atoms with Crippen LogP contribution < -0.4 is 20.1 Å². The van der Waals surface area contributed by atoms with Crippen LogP contribution in [0.2, 0.25) is 0 Å². The van der Waals surface area contributed by atoms with Crippen LogP contribution in [0.3, 0.4) is 0 Å². The average Bonchev–Trinajstić information content (AvgIpc) is 3.07. The van der Waals surface area contributed by atoms with Crippen LogP contribution in [0.5, 0.6) is 11.5 Å². The van der Waals surface area contributed by atoms with Gasteiger partial charge in [-0.05, 0) is 49.8 Å². The molecule has 8 nitrogen and oxygen atoms in total. The summed E-state index contributed by atoms with van der Waals surface area (Å²) in [6.45, 7) is 3.56. The number of thiophene rings is 1. The van der Waals surface area contributed by atoms with Gasteiger partial charge in [-0.1, -0.05) is 0 Å². The summed E-state index contributed by atoms with van der Waals surface area (Å²) in [6, 6.07) is 5.22. The third kappa shape index (κ3) is 5.00. The average molecular weight is 453 g/mol. The molecule has 0 unspecified atom stereocenters. The summed E-state index contributed by atoms with van der Waals surface area (Å²) < 4.78 is 20.3. The molecule has 1 atom stereocenters. The highest BCUT2D eigenvalue weighted by Gasteiger charge is 2.26. The van der Waals surface area contributed by atoms with Crippen molar-refractivity contribution in [1.29, 1.82) is 0 Å². The second-order valence-corrected chi connectivity index (χ2v) is 7.60. The fraction of sp³-hybridized carbons (Fsp3) is 0.350. The first-order valence-electron chi connectivity index (χ1n) is 8.86. The summed E-state index contributed by atoms with van der Waals surface area (Å²) >= 11 is 6.49. The number of methoxy groups -OCH3 is 4. The molecule has 2 aromatic rings. The van der Waals surface area contributed by atoms with Crippen LogP contribution in [0.15, 0.2) is 18.2 Å². The first-order chi connectivity index (χ1) is 14.3. The highest BCUT2D eigenvalue weighted by molar-refractivity contribution is 7.80. The first kappa shape index (κ1) is 23.4. The molecule has 0 spiro atoms. The molecular weight excluding hydrogens is 428 g/mol. The van der Waals surface area contributed by atoms with Crippen molar-refractivity contribution in [2.45, 2.75) is 19.9 Å². The number of benzene rings is 1. The number of thiocarbonyl (C=S) groups is 1. The lowest BCUT2D eigenvalue weighted by Gasteiger charge is -2.20. The molecule has 1 aromatic carbocycles. The SMILES string of the molecule is COC(=O)c1sc(NC(=S)N[C@@H](C)c2cc(OC)ccc2OC)c(C(=O)OC)c1C. The Labute approximate surface area is 184 Å². The van der Waals surface area contributed by atoms with Gasteiger partial charge in [0.15, 0.2) is 5.11 Å². The summed E-state index contributed by atoms with van der Waals surface area (Å²) in [4.78, 5) is 24.6. The molecule has 10 heteroatoms. The first-order valence-corrected chi connectivity index (χ1v) is 10.1. The molecule has 1 aromatic heterocycles. The molecule has 0 aliphatic rings. The Morgan fingerprint density at radius 2 is 1.73 bits per heavy atom. The Morgan fingerprint density at radius 1 is 1.07 bits per heavy atom. The van der Waals surface area contributed by atoms with Crippen LogP contribution in [-0.4, -0.2) is 45.5 Å². The van der Waals surface area contributed by atoms with Gasteiger partial charge in [0.2, 0.25) is 0 Å². The van der Waals surface area contributed by atoms with Gasteiger partial charge in [0, 0.05) is 5.56 Å². The van der Waals surface area contributed by atoms with Crippen molar-refractivity contribution >= 4 is 45.6 Å². The molecule has 162 valence electrons. The van der Waals surface area contributed by atoms with Gasteiger partial charge >= 0.3 is 11.9 Å². The maximum Gasteiger partial charge on any atom is 0.348 e. The quantitative estimate of drug-likeness (QED) is 0.482. The fourth-order valence-corrected chi connectivity index (χ4v) is 4.29. The van der Waals surface area contributed by atoms with Gasteiger partial charge in [-0.3, -0.25) is 0 Å². The predicted octanol–water partition coefficient (Wildman–Crippen LogP) is 3.69. The van der Waals surface area contributed by atoms with Crippen LogP contribution >= 0.6 is 23.6 Å². The topological polar surface area (TPSA) is 95.1 Å². The number of carbonyl (C=O) groups excluding carboxylic acids is 2. The van der Waals surface area contributed by atoms with E-state index in [-0.39, 0.29) is 16.7 Å². The Hall–Kier alpha value is -2.85. The molecule has 30 heavy (non-hydrogen) atoms. The third-order valence-corrected chi connectivity index (χ3v) is 5.79. The molecule has 0 aliphatic heterocycles. The smallest absolute Gasteiger partial charge is 0.348 e. The number of esters is 2. The van der Waals surface area contributed by atoms with Crippen molar-refractivity contribution in [2.75, 3.05) is 33.8 Å². The molecule has 2 rings (SSSR count). The maximum absolute atomic E-state index is 12.3. The van der Waals surface area contributed by atoms with Gasteiger partial charge in [-0.2, -0.15) is 0 Å². The van der Waals surface area contributed by atoms with Crippen LogP contribution in [0.1, 0.15) is 44.1 Å². The van der Waals surface area contributed by atoms with E-state index < -0.39 is 11.9 Å². The van der Waals surface area contributed by atoms with Crippen molar-refractivity contribution in [3.63, 3.8) is 0 Å². The number of hydrogen-bond acceptors (Lipinski definition) is 8. The van der Waals surface area contributed by atoms with E-state index in [1.807, 2.05) is 19.1 Å². The minimum atomic E-state index is -0.577. The van der Waals surface area contributed by atoms with Gasteiger partial charge in [-0.15, -0.1) is 11.3 Å². The lowest BCUT2D eigenvalue weighted by Crippen LogP contribution is -2.31. The third-order valence-electron chi connectivity index (χ3n) is 4.39. The number of nitrogens with one attached hydrogen (secondary N) is 2. The minimum Gasteiger partial charge on any atom is -0.497 e. The standard InChI is InChI=1S/C20H24N2O6S2/c1-10-15(18(23)27-5)17(30-16(10)19(24)28-6)22-20(29)21-11(2)13-9-12(25-3)7-8-14(13)26-4/h7-9,11H,1-6H3,(H2,21,22,29)/t11-/m0/s1. The molecule has 0 saturated carbocycles. The molecule has 2 N–H and O–H groups in total. The zero-order valence-corrected chi connectivity index (χ0v) is 19.2. The van der Waals surface area contributed by atoms with E-state index in [2.05, 4.69) is 10.6 Å². The van der Waals surface area contributed by atoms with Crippen molar-refractivity contribution in [2.24, 2.45) is 0 Å². The molecule has 0 fully saturated rings. The maximum atomic E-state index is 12.3. The van der Waals surface area contributed by atoms with Gasteiger partial charge < -0.3 is 29.6 Å². The number of ether oxygens (including phenoxy) is 4. The Bertz CT molecular complexity index is 957. The zero-order valence-electron chi connectivity index (χ0n) is 17.6.